The molecule has 0 bridgehead atoms. The lowest BCUT2D eigenvalue weighted by atomic mass is 10.1. The molecule has 5 heteroatoms. The minimum absolute atomic E-state index is 0.546. The predicted molar refractivity (Wildman–Crippen MR) is 66.3 cm³/mol. The third-order valence-corrected chi connectivity index (χ3v) is 2.80. The molecule has 1 aromatic heterocycles. The zero-order chi connectivity index (χ0) is 12.1. The van der Waals surface area contributed by atoms with Crippen LogP contribution >= 0.6 is 11.6 Å². The van der Waals surface area contributed by atoms with E-state index in [1.807, 2.05) is 30.3 Å². The van der Waals surface area contributed by atoms with Crippen LogP contribution in [0, 0.1) is 0 Å². The second-order valence-electron chi connectivity index (χ2n) is 3.75. The summed E-state index contributed by atoms with van der Waals surface area (Å²) in [4.78, 5) is 0. The van der Waals surface area contributed by atoms with Crippen molar-refractivity contribution in [2.24, 2.45) is 0 Å². The highest BCUT2D eigenvalue weighted by molar-refractivity contribution is 6.17. The van der Waals surface area contributed by atoms with Gasteiger partial charge in [-0.1, -0.05) is 23.4 Å². The van der Waals surface area contributed by atoms with Gasteiger partial charge in [0.25, 0.3) is 0 Å². The number of para-hydroxylation sites is 1. The van der Waals surface area contributed by atoms with Gasteiger partial charge >= 0.3 is 0 Å². The molecule has 17 heavy (non-hydrogen) atoms. The highest BCUT2D eigenvalue weighted by Gasteiger charge is 2.14. The summed E-state index contributed by atoms with van der Waals surface area (Å²) in [6, 6.07) is 9.63. The molecular weight excluding hydrogens is 238 g/mol. The van der Waals surface area contributed by atoms with E-state index >= 15 is 0 Å². The van der Waals surface area contributed by atoms with Gasteiger partial charge in [0.1, 0.15) is 0 Å². The number of alkyl halides is 1. The van der Waals surface area contributed by atoms with Gasteiger partial charge in [-0.15, -0.1) is 16.7 Å². The molecule has 0 saturated heterocycles. The van der Waals surface area contributed by atoms with Crippen LogP contribution in [0.1, 0.15) is 24.6 Å². The molecule has 90 valence electrons. The summed E-state index contributed by atoms with van der Waals surface area (Å²) >= 11 is 5.61. The molecule has 1 unspecified atom stereocenters. The van der Waals surface area contributed by atoms with E-state index in [1.54, 1.807) is 10.9 Å². The van der Waals surface area contributed by atoms with Crippen LogP contribution in [-0.2, 0) is 0 Å². The fourth-order valence-electron chi connectivity index (χ4n) is 1.66. The maximum absolute atomic E-state index is 10.0. The number of rotatable bonds is 5. The summed E-state index contributed by atoms with van der Waals surface area (Å²) in [5, 5.41) is 17.9. The number of hydrogen-bond acceptors (Lipinski definition) is 3. The zero-order valence-electron chi connectivity index (χ0n) is 9.33. The van der Waals surface area contributed by atoms with Gasteiger partial charge in [0.15, 0.2) is 0 Å². The molecule has 0 fully saturated rings. The number of aliphatic hydroxyl groups is 1. The molecule has 2 aromatic rings. The summed E-state index contributed by atoms with van der Waals surface area (Å²) in [6.07, 6.45) is 2.39. The molecule has 2 rings (SSSR count). The van der Waals surface area contributed by atoms with E-state index in [0.29, 0.717) is 18.0 Å². The van der Waals surface area contributed by atoms with Crippen molar-refractivity contribution in [1.29, 1.82) is 0 Å². The highest BCUT2D eigenvalue weighted by atomic mass is 35.5. The highest BCUT2D eigenvalue weighted by Crippen LogP contribution is 2.20. The number of halogens is 1. The van der Waals surface area contributed by atoms with Gasteiger partial charge in [-0.25, -0.2) is 4.68 Å². The van der Waals surface area contributed by atoms with Gasteiger partial charge in [0.2, 0.25) is 0 Å². The Morgan fingerprint density at radius 3 is 2.76 bits per heavy atom. The normalized spacial score (nSPS) is 12.6. The molecule has 1 heterocycles. The molecule has 0 aliphatic carbocycles. The first-order valence-corrected chi connectivity index (χ1v) is 6.06. The maximum Gasteiger partial charge on any atom is 0.0978 e. The average molecular weight is 252 g/mol. The van der Waals surface area contributed by atoms with Crippen LogP contribution in [0.25, 0.3) is 5.69 Å². The summed E-state index contributed by atoms with van der Waals surface area (Å²) in [6.45, 7) is 0. The lowest BCUT2D eigenvalue weighted by molar-refractivity contribution is 0.159. The standard InChI is InChI=1S/C12H14ClN3O/c13-8-4-7-12(17)11-9-14-15-16(11)10-5-2-1-3-6-10/h1-3,5-6,9,12,17H,4,7-8H2. The topological polar surface area (TPSA) is 50.9 Å². The maximum atomic E-state index is 10.0. The van der Waals surface area contributed by atoms with Gasteiger partial charge in [0.05, 0.1) is 23.7 Å². The van der Waals surface area contributed by atoms with E-state index < -0.39 is 6.10 Å². The monoisotopic (exact) mass is 251 g/mol. The van der Waals surface area contributed by atoms with Gasteiger partial charge < -0.3 is 5.11 Å². The van der Waals surface area contributed by atoms with Crippen LogP contribution < -0.4 is 0 Å². The minimum Gasteiger partial charge on any atom is -0.387 e. The van der Waals surface area contributed by atoms with Crippen LogP contribution in [0.15, 0.2) is 36.5 Å². The first-order chi connectivity index (χ1) is 8.33. The minimum atomic E-state index is -0.580. The van der Waals surface area contributed by atoms with E-state index in [2.05, 4.69) is 10.3 Å². The Morgan fingerprint density at radius 2 is 2.06 bits per heavy atom. The molecule has 4 nitrogen and oxygen atoms in total. The van der Waals surface area contributed by atoms with Crippen molar-refractivity contribution in [2.45, 2.75) is 18.9 Å². The van der Waals surface area contributed by atoms with Crippen LogP contribution in [-0.4, -0.2) is 26.0 Å². The first kappa shape index (κ1) is 12.1. The third kappa shape index (κ3) is 2.84. The van der Waals surface area contributed by atoms with Crippen molar-refractivity contribution in [1.82, 2.24) is 15.0 Å². The number of hydrogen-bond donors (Lipinski definition) is 1. The van der Waals surface area contributed by atoms with E-state index in [0.717, 1.165) is 12.1 Å². The van der Waals surface area contributed by atoms with Crippen LogP contribution in [0.5, 0.6) is 0 Å². The molecule has 0 spiro atoms. The summed E-state index contributed by atoms with van der Waals surface area (Å²) in [7, 11) is 0. The number of aromatic nitrogens is 3. The zero-order valence-corrected chi connectivity index (χ0v) is 10.1. The molecule has 0 radical (unpaired) electrons. The van der Waals surface area contributed by atoms with Gasteiger partial charge in [-0.2, -0.15) is 0 Å². The molecular formula is C12H14ClN3O. The molecule has 1 aromatic carbocycles. The van der Waals surface area contributed by atoms with Crippen molar-refractivity contribution in [3.05, 3.63) is 42.2 Å². The third-order valence-electron chi connectivity index (χ3n) is 2.53. The second-order valence-corrected chi connectivity index (χ2v) is 4.13. The molecule has 1 atom stereocenters. The molecule has 0 saturated carbocycles. The summed E-state index contributed by atoms with van der Waals surface area (Å²) in [5.74, 6) is 0.546. The molecule has 0 amide bonds. The number of benzene rings is 1. The van der Waals surface area contributed by atoms with E-state index in [-0.39, 0.29) is 0 Å². The van der Waals surface area contributed by atoms with Gasteiger partial charge in [0, 0.05) is 5.88 Å². The second kappa shape index (κ2) is 5.80. The Kier molecular flexibility index (Phi) is 4.12. The summed E-state index contributed by atoms with van der Waals surface area (Å²) in [5.41, 5.74) is 1.59. The van der Waals surface area contributed by atoms with Crippen molar-refractivity contribution >= 4 is 11.6 Å². The predicted octanol–water partition coefficient (Wildman–Crippen LogP) is 2.32. The fraction of sp³-hybridized carbons (Fsp3) is 0.333. The largest absolute Gasteiger partial charge is 0.387 e. The van der Waals surface area contributed by atoms with Crippen LogP contribution in [0.4, 0.5) is 0 Å². The van der Waals surface area contributed by atoms with Crippen molar-refractivity contribution in [3.8, 4) is 5.69 Å². The first-order valence-electron chi connectivity index (χ1n) is 5.53. The van der Waals surface area contributed by atoms with Crippen molar-refractivity contribution < 1.29 is 5.11 Å². The summed E-state index contributed by atoms with van der Waals surface area (Å²) < 4.78 is 1.65. The van der Waals surface area contributed by atoms with E-state index in [4.69, 9.17) is 11.6 Å². The average Bonchev–Trinajstić information content (AvgIpc) is 2.86. The quantitative estimate of drug-likeness (QED) is 0.830. The lowest BCUT2D eigenvalue weighted by Gasteiger charge is -2.11. The fourth-order valence-corrected chi connectivity index (χ4v) is 1.81. The Hall–Kier alpha value is -1.39. The SMILES string of the molecule is OC(CCCCl)c1cnnn1-c1ccccc1. The van der Waals surface area contributed by atoms with Crippen LogP contribution in [0.2, 0.25) is 0 Å². The smallest absolute Gasteiger partial charge is 0.0978 e. The van der Waals surface area contributed by atoms with Crippen LogP contribution in [0.3, 0.4) is 0 Å². The molecule has 1 N–H and O–H groups in total. The van der Waals surface area contributed by atoms with Crippen molar-refractivity contribution in [3.63, 3.8) is 0 Å². The van der Waals surface area contributed by atoms with E-state index in [1.165, 1.54) is 0 Å². The Morgan fingerprint density at radius 1 is 1.29 bits per heavy atom. The number of aliphatic hydroxyl groups excluding tert-OH is 1. The Labute approximate surface area is 105 Å². The van der Waals surface area contributed by atoms with Crippen molar-refractivity contribution in [2.75, 3.05) is 5.88 Å². The van der Waals surface area contributed by atoms with Gasteiger partial charge in [-0.3, -0.25) is 0 Å². The Balaban J connectivity index is 2.23. The Bertz CT molecular complexity index is 458. The van der Waals surface area contributed by atoms with Gasteiger partial charge in [-0.05, 0) is 25.0 Å². The number of nitrogens with zero attached hydrogens (tertiary/aromatic N) is 3. The van der Waals surface area contributed by atoms with E-state index in [9.17, 15) is 5.11 Å². The lowest BCUT2D eigenvalue weighted by Crippen LogP contribution is -2.07. The molecule has 0 aliphatic heterocycles. The molecule has 0 aliphatic rings.